The van der Waals surface area contributed by atoms with E-state index >= 15 is 0 Å². The van der Waals surface area contributed by atoms with Crippen LogP contribution in [0.2, 0.25) is 0 Å². The molecule has 1 unspecified atom stereocenters. The quantitative estimate of drug-likeness (QED) is 0.907. The first-order valence-corrected chi connectivity index (χ1v) is 9.43. The standard InChI is InChI=1S/C20H26N4O2/c1-15(16-5-3-2-4-6-16)13-23-8-7-17-18(14-23)21-20(22-19(17)25)24-9-11-26-12-10-24/h2-6,15H,7-14H2,1H3,(H,21,22,25). The second-order valence-corrected chi connectivity index (χ2v) is 7.21. The van der Waals surface area contributed by atoms with Crippen molar-refractivity contribution in [2.24, 2.45) is 0 Å². The van der Waals surface area contributed by atoms with Crippen molar-refractivity contribution < 1.29 is 4.74 Å². The number of nitrogens with zero attached hydrogens (tertiary/aromatic N) is 3. The third-order valence-corrected chi connectivity index (χ3v) is 5.35. The number of hydrogen-bond acceptors (Lipinski definition) is 5. The van der Waals surface area contributed by atoms with Gasteiger partial charge < -0.3 is 9.64 Å². The van der Waals surface area contributed by atoms with Crippen LogP contribution in [0.4, 0.5) is 5.95 Å². The Kier molecular flexibility index (Phi) is 5.04. The van der Waals surface area contributed by atoms with Gasteiger partial charge in [0, 0.05) is 38.3 Å². The summed E-state index contributed by atoms with van der Waals surface area (Å²) >= 11 is 0. The van der Waals surface area contributed by atoms with Gasteiger partial charge in [-0.2, -0.15) is 0 Å². The van der Waals surface area contributed by atoms with E-state index in [4.69, 9.17) is 9.72 Å². The van der Waals surface area contributed by atoms with Crippen LogP contribution in [0.3, 0.4) is 0 Å². The summed E-state index contributed by atoms with van der Waals surface area (Å²) < 4.78 is 5.40. The van der Waals surface area contributed by atoms with Crippen molar-refractivity contribution in [2.75, 3.05) is 44.3 Å². The number of anilines is 1. The van der Waals surface area contributed by atoms with Gasteiger partial charge in [0.25, 0.3) is 5.56 Å². The third kappa shape index (κ3) is 3.66. The van der Waals surface area contributed by atoms with E-state index in [0.29, 0.717) is 25.1 Å². The molecular formula is C20H26N4O2. The lowest BCUT2D eigenvalue weighted by molar-refractivity contribution is 0.122. The van der Waals surface area contributed by atoms with E-state index in [1.54, 1.807) is 0 Å². The average molecular weight is 354 g/mol. The average Bonchev–Trinajstić information content (AvgIpc) is 2.69. The van der Waals surface area contributed by atoms with Crippen LogP contribution in [0.1, 0.15) is 29.7 Å². The van der Waals surface area contributed by atoms with Crippen molar-refractivity contribution in [1.82, 2.24) is 14.9 Å². The van der Waals surface area contributed by atoms with Crippen molar-refractivity contribution in [1.29, 1.82) is 0 Å². The normalized spacial score (nSPS) is 19.2. The van der Waals surface area contributed by atoms with Gasteiger partial charge in [0.2, 0.25) is 5.95 Å². The summed E-state index contributed by atoms with van der Waals surface area (Å²) in [5, 5.41) is 0. The Balaban J connectivity index is 1.50. The maximum Gasteiger partial charge on any atom is 0.255 e. The van der Waals surface area contributed by atoms with Gasteiger partial charge in [-0.1, -0.05) is 37.3 Å². The van der Waals surface area contributed by atoms with Crippen molar-refractivity contribution in [3.05, 3.63) is 57.5 Å². The van der Waals surface area contributed by atoms with E-state index in [1.807, 2.05) is 0 Å². The molecule has 26 heavy (non-hydrogen) atoms. The number of fused-ring (bicyclic) bond motifs is 1. The number of benzene rings is 1. The molecule has 0 spiro atoms. The molecule has 138 valence electrons. The molecule has 1 N–H and O–H groups in total. The molecule has 0 aliphatic carbocycles. The molecule has 1 atom stereocenters. The highest BCUT2D eigenvalue weighted by Gasteiger charge is 2.24. The topological polar surface area (TPSA) is 61.5 Å². The van der Waals surface area contributed by atoms with Gasteiger partial charge in [-0.05, 0) is 17.9 Å². The summed E-state index contributed by atoms with van der Waals surface area (Å²) in [7, 11) is 0. The molecule has 2 aliphatic heterocycles. The van der Waals surface area contributed by atoms with Crippen LogP contribution in [0, 0.1) is 0 Å². The molecule has 0 saturated carbocycles. The summed E-state index contributed by atoms with van der Waals surface area (Å²) in [6.45, 7) is 7.80. The fourth-order valence-electron chi connectivity index (χ4n) is 3.84. The summed E-state index contributed by atoms with van der Waals surface area (Å²) in [5.41, 5.74) is 3.16. The molecule has 4 rings (SSSR count). The predicted octanol–water partition coefficient (Wildman–Crippen LogP) is 1.77. The smallest absolute Gasteiger partial charge is 0.255 e. The number of aromatic nitrogens is 2. The molecule has 2 aliphatic rings. The minimum absolute atomic E-state index is 0.0206. The fraction of sp³-hybridized carbons (Fsp3) is 0.500. The third-order valence-electron chi connectivity index (χ3n) is 5.35. The predicted molar refractivity (Wildman–Crippen MR) is 102 cm³/mol. The Labute approximate surface area is 153 Å². The minimum Gasteiger partial charge on any atom is -0.378 e. The maximum atomic E-state index is 12.5. The number of hydrogen-bond donors (Lipinski definition) is 1. The molecule has 6 nitrogen and oxygen atoms in total. The Morgan fingerprint density at radius 2 is 1.96 bits per heavy atom. The lowest BCUT2D eigenvalue weighted by Crippen LogP contribution is -2.41. The first kappa shape index (κ1) is 17.2. The lowest BCUT2D eigenvalue weighted by atomic mass is 9.99. The molecule has 1 aromatic carbocycles. The number of rotatable bonds is 4. The van der Waals surface area contributed by atoms with Gasteiger partial charge in [0.05, 0.1) is 18.9 Å². The van der Waals surface area contributed by atoms with Crippen LogP contribution in [0.15, 0.2) is 35.1 Å². The monoisotopic (exact) mass is 354 g/mol. The Morgan fingerprint density at radius 3 is 2.73 bits per heavy atom. The van der Waals surface area contributed by atoms with Crippen molar-refractivity contribution in [3.63, 3.8) is 0 Å². The zero-order valence-electron chi connectivity index (χ0n) is 15.3. The summed E-state index contributed by atoms with van der Waals surface area (Å²) in [4.78, 5) is 24.8. The highest BCUT2D eigenvalue weighted by molar-refractivity contribution is 5.34. The van der Waals surface area contributed by atoms with Crippen LogP contribution >= 0.6 is 0 Å². The van der Waals surface area contributed by atoms with Crippen molar-refractivity contribution >= 4 is 5.95 Å². The molecule has 0 radical (unpaired) electrons. The van der Waals surface area contributed by atoms with Crippen LogP contribution in [0.25, 0.3) is 0 Å². The first-order chi connectivity index (χ1) is 12.7. The SMILES string of the molecule is CC(CN1CCc2c(nc(N3CCOCC3)[nH]c2=O)C1)c1ccccc1. The minimum atomic E-state index is 0.0206. The van der Waals surface area contributed by atoms with E-state index in [9.17, 15) is 4.79 Å². The summed E-state index contributed by atoms with van der Waals surface area (Å²) in [6.07, 6.45) is 0.766. The summed E-state index contributed by atoms with van der Waals surface area (Å²) in [6, 6.07) is 10.6. The highest BCUT2D eigenvalue weighted by atomic mass is 16.5. The van der Waals surface area contributed by atoms with Crippen molar-refractivity contribution in [2.45, 2.75) is 25.8 Å². The van der Waals surface area contributed by atoms with Gasteiger partial charge in [0.15, 0.2) is 0 Å². The van der Waals surface area contributed by atoms with E-state index < -0.39 is 0 Å². The zero-order valence-corrected chi connectivity index (χ0v) is 15.3. The maximum absolute atomic E-state index is 12.5. The van der Waals surface area contributed by atoms with E-state index in [1.165, 1.54) is 5.56 Å². The Bertz CT molecular complexity index is 799. The molecule has 0 amide bonds. The molecule has 6 heteroatoms. The van der Waals surface area contributed by atoms with Crippen LogP contribution in [-0.4, -0.2) is 54.3 Å². The second-order valence-electron chi connectivity index (χ2n) is 7.21. The van der Waals surface area contributed by atoms with Gasteiger partial charge in [0.1, 0.15) is 0 Å². The van der Waals surface area contributed by atoms with Gasteiger partial charge in [-0.25, -0.2) is 4.98 Å². The number of ether oxygens (including phenoxy) is 1. The number of H-pyrrole nitrogens is 1. The van der Waals surface area contributed by atoms with Gasteiger partial charge >= 0.3 is 0 Å². The van der Waals surface area contributed by atoms with Crippen molar-refractivity contribution in [3.8, 4) is 0 Å². The van der Waals surface area contributed by atoms with E-state index in [2.05, 4.69) is 52.0 Å². The van der Waals surface area contributed by atoms with Crippen LogP contribution < -0.4 is 10.5 Å². The molecule has 1 fully saturated rings. The number of morpholine rings is 1. The largest absolute Gasteiger partial charge is 0.378 e. The fourth-order valence-corrected chi connectivity index (χ4v) is 3.84. The van der Waals surface area contributed by atoms with E-state index in [0.717, 1.165) is 50.4 Å². The first-order valence-electron chi connectivity index (χ1n) is 9.43. The molecule has 1 aromatic heterocycles. The number of nitrogens with one attached hydrogen (secondary N) is 1. The lowest BCUT2D eigenvalue weighted by Gasteiger charge is -2.32. The molecule has 3 heterocycles. The summed E-state index contributed by atoms with van der Waals surface area (Å²) in [5.74, 6) is 1.15. The zero-order chi connectivity index (χ0) is 17.9. The Morgan fingerprint density at radius 1 is 1.19 bits per heavy atom. The van der Waals surface area contributed by atoms with Gasteiger partial charge in [-0.3, -0.25) is 14.7 Å². The van der Waals surface area contributed by atoms with Gasteiger partial charge in [-0.15, -0.1) is 0 Å². The molecule has 0 bridgehead atoms. The van der Waals surface area contributed by atoms with E-state index in [-0.39, 0.29) is 5.56 Å². The molecular weight excluding hydrogens is 328 g/mol. The van der Waals surface area contributed by atoms with Crippen LogP contribution in [0.5, 0.6) is 0 Å². The Hall–Kier alpha value is -2.18. The van der Waals surface area contributed by atoms with Crippen LogP contribution in [-0.2, 0) is 17.7 Å². The second kappa shape index (κ2) is 7.60. The highest BCUT2D eigenvalue weighted by Crippen LogP contribution is 2.21. The number of aromatic amines is 1. The molecule has 2 aromatic rings. The molecule has 1 saturated heterocycles.